The summed E-state index contributed by atoms with van der Waals surface area (Å²) in [5.74, 6) is 1.30. The van der Waals surface area contributed by atoms with Gasteiger partial charge in [-0.15, -0.1) is 0 Å². The van der Waals surface area contributed by atoms with Gasteiger partial charge in [-0.25, -0.2) is 4.98 Å². The average molecular weight is 311 g/mol. The van der Waals surface area contributed by atoms with Gasteiger partial charge in [-0.2, -0.15) is 0 Å². The quantitative estimate of drug-likeness (QED) is 0.776. The Bertz CT molecular complexity index is 812. The first kappa shape index (κ1) is 14.9. The maximum absolute atomic E-state index is 12.5. The number of ether oxygens (including phenoxy) is 2. The number of nitrogens with one attached hydrogen (secondary N) is 2. The number of imidazole rings is 1. The van der Waals surface area contributed by atoms with Crippen LogP contribution in [-0.4, -0.2) is 30.1 Å². The van der Waals surface area contributed by atoms with Crippen molar-refractivity contribution in [3.8, 4) is 11.5 Å². The van der Waals surface area contributed by atoms with E-state index >= 15 is 0 Å². The number of aromatic amines is 1. The third-order valence-corrected chi connectivity index (χ3v) is 3.64. The van der Waals surface area contributed by atoms with Crippen molar-refractivity contribution >= 4 is 22.9 Å². The van der Waals surface area contributed by atoms with Crippen LogP contribution in [0.2, 0.25) is 0 Å². The van der Waals surface area contributed by atoms with E-state index in [1.807, 2.05) is 31.2 Å². The average Bonchev–Trinajstić information content (AvgIpc) is 2.97. The number of rotatable bonds is 4. The minimum atomic E-state index is -0.291. The van der Waals surface area contributed by atoms with Crippen molar-refractivity contribution in [3.63, 3.8) is 0 Å². The molecule has 6 heteroatoms. The summed E-state index contributed by atoms with van der Waals surface area (Å²) in [7, 11) is 3.12. The number of para-hydroxylation sites is 2. The minimum Gasteiger partial charge on any atom is -0.496 e. The van der Waals surface area contributed by atoms with Crippen molar-refractivity contribution < 1.29 is 14.3 Å². The highest BCUT2D eigenvalue weighted by molar-refractivity contribution is 6.04. The molecule has 0 radical (unpaired) electrons. The van der Waals surface area contributed by atoms with Crippen molar-refractivity contribution in [2.24, 2.45) is 0 Å². The Morgan fingerprint density at radius 3 is 2.39 bits per heavy atom. The van der Waals surface area contributed by atoms with Gasteiger partial charge in [0.05, 0.1) is 25.3 Å². The molecule has 23 heavy (non-hydrogen) atoms. The molecule has 1 amide bonds. The highest BCUT2D eigenvalue weighted by atomic mass is 16.5. The molecule has 118 valence electrons. The normalized spacial score (nSPS) is 10.6. The van der Waals surface area contributed by atoms with E-state index in [-0.39, 0.29) is 5.91 Å². The number of hydrogen-bond donors (Lipinski definition) is 2. The third kappa shape index (κ3) is 2.83. The molecular weight excluding hydrogens is 294 g/mol. The number of carbonyl (C=O) groups is 1. The van der Waals surface area contributed by atoms with E-state index in [1.54, 1.807) is 26.4 Å². The molecule has 0 saturated heterocycles. The molecular formula is C17H17N3O3. The molecule has 2 N–H and O–H groups in total. The highest BCUT2D eigenvalue weighted by Gasteiger charge is 2.15. The number of methoxy groups -OCH3 is 2. The largest absolute Gasteiger partial charge is 0.496 e. The van der Waals surface area contributed by atoms with Gasteiger partial charge in [-0.05, 0) is 31.2 Å². The molecule has 0 atom stereocenters. The number of fused-ring (bicyclic) bond motifs is 1. The Labute approximate surface area is 133 Å². The van der Waals surface area contributed by atoms with Gasteiger partial charge < -0.3 is 14.5 Å². The molecule has 0 fully saturated rings. The van der Waals surface area contributed by atoms with Crippen LogP contribution in [-0.2, 0) is 0 Å². The van der Waals surface area contributed by atoms with Crippen molar-refractivity contribution in [1.29, 1.82) is 0 Å². The number of amides is 1. The number of benzene rings is 2. The molecule has 0 saturated carbocycles. The summed E-state index contributed by atoms with van der Waals surface area (Å²) in [5.41, 5.74) is 2.93. The van der Waals surface area contributed by atoms with Crippen molar-refractivity contribution in [1.82, 2.24) is 9.97 Å². The van der Waals surface area contributed by atoms with E-state index in [4.69, 9.17) is 9.47 Å². The topological polar surface area (TPSA) is 76.2 Å². The molecule has 2 aromatic carbocycles. The van der Waals surface area contributed by atoms with Crippen LogP contribution >= 0.6 is 0 Å². The van der Waals surface area contributed by atoms with Crippen LogP contribution in [0, 0.1) is 6.92 Å². The Kier molecular flexibility index (Phi) is 3.89. The Balaban J connectivity index is 1.90. The Hall–Kier alpha value is -3.02. The molecule has 1 heterocycles. The lowest BCUT2D eigenvalue weighted by Crippen LogP contribution is -2.13. The molecule has 6 nitrogen and oxygen atoms in total. The lowest BCUT2D eigenvalue weighted by molar-refractivity contribution is 0.102. The second-order valence-corrected chi connectivity index (χ2v) is 5.06. The lowest BCUT2D eigenvalue weighted by Gasteiger charge is -2.12. The van der Waals surface area contributed by atoms with E-state index in [2.05, 4.69) is 15.3 Å². The van der Waals surface area contributed by atoms with E-state index in [1.165, 1.54) is 0 Å². The summed E-state index contributed by atoms with van der Waals surface area (Å²) >= 11 is 0. The van der Waals surface area contributed by atoms with Crippen LogP contribution in [0.25, 0.3) is 11.0 Å². The van der Waals surface area contributed by atoms with Crippen molar-refractivity contribution in [3.05, 3.63) is 47.5 Å². The molecule has 0 spiro atoms. The zero-order valence-electron chi connectivity index (χ0n) is 13.1. The number of carbonyl (C=O) groups excluding carboxylic acids is 1. The van der Waals surface area contributed by atoms with Crippen LogP contribution in [0.5, 0.6) is 11.5 Å². The number of hydrogen-bond acceptors (Lipinski definition) is 4. The minimum absolute atomic E-state index is 0.291. The van der Waals surface area contributed by atoms with Gasteiger partial charge in [0, 0.05) is 11.1 Å². The summed E-state index contributed by atoms with van der Waals surface area (Å²) in [6.45, 7) is 1.87. The second kappa shape index (κ2) is 6.00. The molecule has 1 aromatic heterocycles. The summed E-state index contributed by atoms with van der Waals surface area (Å²) < 4.78 is 10.6. The summed E-state index contributed by atoms with van der Waals surface area (Å²) in [6.07, 6.45) is 0. The fourth-order valence-electron chi connectivity index (χ4n) is 2.41. The molecule has 0 bridgehead atoms. The van der Waals surface area contributed by atoms with Gasteiger partial charge in [0.1, 0.15) is 11.5 Å². The summed E-state index contributed by atoms with van der Waals surface area (Å²) in [6, 6.07) is 10.9. The predicted molar refractivity (Wildman–Crippen MR) is 88.3 cm³/mol. The van der Waals surface area contributed by atoms with Gasteiger partial charge in [-0.3, -0.25) is 10.1 Å². The third-order valence-electron chi connectivity index (χ3n) is 3.64. The van der Waals surface area contributed by atoms with Crippen LogP contribution < -0.4 is 14.8 Å². The molecule has 3 rings (SSSR count). The molecule has 0 aliphatic heterocycles. The van der Waals surface area contributed by atoms with Gasteiger partial charge in [0.2, 0.25) is 5.95 Å². The number of H-pyrrole nitrogens is 1. The van der Waals surface area contributed by atoms with E-state index in [0.29, 0.717) is 23.0 Å². The van der Waals surface area contributed by atoms with E-state index < -0.39 is 0 Å². The fourth-order valence-corrected chi connectivity index (χ4v) is 2.41. The lowest BCUT2D eigenvalue weighted by atomic mass is 10.1. The number of aromatic nitrogens is 2. The standard InChI is InChI=1S/C17H17N3O3/c1-10-14(22-2)8-11(9-15(10)23-3)16(21)20-17-18-12-6-4-5-7-13(12)19-17/h4-9H,1-3H3,(H2,18,19,20,21). The van der Waals surface area contributed by atoms with Crippen molar-refractivity contribution in [2.45, 2.75) is 6.92 Å². The number of anilines is 1. The van der Waals surface area contributed by atoms with Gasteiger partial charge in [0.15, 0.2) is 0 Å². The summed E-state index contributed by atoms with van der Waals surface area (Å²) in [5, 5.41) is 2.75. The molecule has 0 unspecified atom stereocenters. The first-order valence-electron chi connectivity index (χ1n) is 7.11. The predicted octanol–water partition coefficient (Wildman–Crippen LogP) is 3.14. The summed E-state index contributed by atoms with van der Waals surface area (Å²) in [4.78, 5) is 19.8. The first-order valence-corrected chi connectivity index (χ1v) is 7.11. The van der Waals surface area contributed by atoms with Crippen LogP contribution in [0.15, 0.2) is 36.4 Å². The molecule has 0 aliphatic carbocycles. The fraction of sp³-hybridized carbons (Fsp3) is 0.176. The smallest absolute Gasteiger partial charge is 0.258 e. The highest BCUT2D eigenvalue weighted by Crippen LogP contribution is 2.29. The molecule has 0 aliphatic rings. The zero-order chi connectivity index (χ0) is 16.4. The second-order valence-electron chi connectivity index (χ2n) is 5.06. The van der Waals surface area contributed by atoms with Crippen LogP contribution in [0.1, 0.15) is 15.9 Å². The SMILES string of the molecule is COc1cc(C(=O)Nc2nc3ccccc3[nH]2)cc(OC)c1C. The van der Waals surface area contributed by atoms with E-state index in [0.717, 1.165) is 16.6 Å². The van der Waals surface area contributed by atoms with Crippen LogP contribution in [0.4, 0.5) is 5.95 Å². The van der Waals surface area contributed by atoms with Gasteiger partial charge in [0.25, 0.3) is 5.91 Å². The maximum Gasteiger partial charge on any atom is 0.258 e. The monoisotopic (exact) mass is 311 g/mol. The maximum atomic E-state index is 12.5. The van der Waals surface area contributed by atoms with Gasteiger partial charge >= 0.3 is 0 Å². The van der Waals surface area contributed by atoms with Crippen LogP contribution in [0.3, 0.4) is 0 Å². The Morgan fingerprint density at radius 1 is 1.13 bits per heavy atom. The first-order chi connectivity index (χ1) is 11.1. The van der Waals surface area contributed by atoms with Crippen molar-refractivity contribution in [2.75, 3.05) is 19.5 Å². The zero-order valence-corrected chi connectivity index (χ0v) is 13.1. The van der Waals surface area contributed by atoms with E-state index in [9.17, 15) is 4.79 Å². The Morgan fingerprint density at radius 2 is 1.78 bits per heavy atom. The number of nitrogens with zero attached hydrogens (tertiary/aromatic N) is 1. The van der Waals surface area contributed by atoms with Gasteiger partial charge in [-0.1, -0.05) is 12.1 Å². The molecule has 3 aromatic rings.